The van der Waals surface area contributed by atoms with Gasteiger partial charge < -0.3 is 15.0 Å². The Labute approximate surface area is 122 Å². The Morgan fingerprint density at radius 1 is 0.800 bits per heavy atom. The first-order chi connectivity index (χ1) is 9.68. The number of carbonyl (C=O) groups excluding carboxylic acids is 1. The van der Waals surface area contributed by atoms with E-state index in [0.29, 0.717) is 12.8 Å². The molecule has 0 saturated heterocycles. The molecule has 0 spiro atoms. The van der Waals surface area contributed by atoms with Crippen molar-refractivity contribution in [1.29, 1.82) is 0 Å². The minimum absolute atomic E-state index is 0.371. The van der Waals surface area contributed by atoms with Crippen molar-refractivity contribution >= 4 is 12.3 Å². The van der Waals surface area contributed by atoms with Crippen molar-refractivity contribution in [2.75, 3.05) is 0 Å². The summed E-state index contributed by atoms with van der Waals surface area (Å²) >= 11 is 0. The fourth-order valence-corrected chi connectivity index (χ4v) is 2.28. The number of aliphatic hydroxyl groups excluding tert-OH is 1. The van der Waals surface area contributed by atoms with Crippen LogP contribution in [0.1, 0.15) is 83.5 Å². The first-order valence-electron chi connectivity index (χ1n) is 8.03. The van der Waals surface area contributed by atoms with E-state index in [1.807, 2.05) is 0 Å². The molecule has 118 valence electrons. The summed E-state index contributed by atoms with van der Waals surface area (Å²) in [5, 5.41) is 17.6. The van der Waals surface area contributed by atoms with Crippen molar-refractivity contribution in [2.45, 2.75) is 89.6 Å². The zero-order valence-corrected chi connectivity index (χ0v) is 12.6. The van der Waals surface area contributed by atoms with Crippen LogP contribution in [0.15, 0.2) is 0 Å². The fraction of sp³-hybridized carbons (Fsp3) is 0.875. The molecule has 0 aromatic heterocycles. The molecule has 1 atom stereocenters. The van der Waals surface area contributed by atoms with E-state index in [0.717, 1.165) is 32.0 Å². The maximum atomic E-state index is 10.4. The molecule has 0 rings (SSSR count). The molecule has 0 radical (unpaired) electrons. The number of carboxylic acid groups (broad SMARTS) is 1. The zero-order valence-electron chi connectivity index (χ0n) is 12.6. The van der Waals surface area contributed by atoms with Gasteiger partial charge in [-0.2, -0.15) is 0 Å². The predicted molar refractivity (Wildman–Crippen MR) is 79.7 cm³/mol. The maximum Gasteiger partial charge on any atom is 0.332 e. The lowest BCUT2D eigenvalue weighted by molar-refractivity contribution is -0.146. The number of carboxylic acids is 1. The summed E-state index contributed by atoms with van der Waals surface area (Å²) in [6, 6.07) is 0. The van der Waals surface area contributed by atoms with Gasteiger partial charge >= 0.3 is 5.97 Å². The van der Waals surface area contributed by atoms with Crippen LogP contribution < -0.4 is 0 Å². The van der Waals surface area contributed by atoms with Gasteiger partial charge in [-0.25, -0.2) is 4.79 Å². The molecule has 1 unspecified atom stereocenters. The molecule has 0 aliphatic carbocycles. The Morgan fingerprint density at radius 2 is 1.20 bits per heavy atom. The Balaban J connectivity index is 3.06. The van der Waals surface area contributed by atoms with Crippen molar-refractivity contribution < 1.29 is 19.8 Å². The first kappa shape index (κ1) is 19.1. The number of rotatable bonds is 15. The summed E-state index contributed by atoms with van der Waals surface area (Å²) < 4.78 is 0. The minimum atomic E-state index is -1.19. The SMILES string of the molecule is O=CCCCCCCCCCCCCCC(O)C(=O)O. The van der Waals surface area contributed by atoms with Crippen LogP contribution >= 0.6 is 0 Å². The summed E-state index contributed by atoms with van der Waals surface area (Å²) in [6.07, 6.45) is 13.5. The van der Waals surface area contributed by atoms with Gasteiger partial charge in [0.25, 0.3) is 0 Å². The topological polar surface area (TPSA) is 74.6 Å². The third kappa shape index (κ3) is 13.5. The predicted octanol–water partition coefficient (Wildman–Crippen LogP) is 3.70. The molecule has 4 nitrogen and oxygen atoms in total. The number of hydrogen-bond donors (Lipinski definition) is 2. The molecule has 2 N–H and O–H groups in total. The van der Waals surface area contributed by atoms with E-state index in [4.69, 9.17) is 10.2 Å². The van der Waals surface area contributed by atoms with Gasteiger partial charge in [0.1, 0.15) is 6.29 Å². The largest absolute Gasteiger partial charge is 0.479 e. The summed E-state index contributed by atoms with van der Waals surface area (Å²) in [7, 11) is 0. The van der Waals surface area contributed by atoms with Crippen molar-refractivity contribution in [2.24, 2.45) is 0 Å². The minimum Gasteiger partial charge on any atom is -0.479 e. The number of aldehydes is 1. The van der Waals surface area contributed by atoms with Gasteiger partial charge in [-0.3, -0.25) is 0 Å². The highest BCUT2D eigenvalue weighted by atomic mass is 16.4. The highest BCUT2D eigenvalue weighted by Gasteiger charge is 2.11. The second-order valence-electron chi connectivity index (χ2n) is 5.49. The van der Waals surface area contributed by atoms with Crippen LogP contribution in [0.4, 0.5) is 0 Å². The highest BCUT2D eigenvalue weighted by Crippen LogP contribution is 2.12. The first-order valence-corrected chi connectivity index (χ1v) is 8.03. The Morgan fingerprint density at radius 3 is 1.60 bits per heavy atom. The number of unbranched alkanes of at least 4 members (excludes halogenated alkanes) is 11. The summed E-state index contributed by atoms with van der Waals surface area (Å²) in [5.74, 6) is -1.11. The van der Waals surface area contributed by atoms with E-state index in [2.05, 4.69) is 0 Å². The van der Waals surface area contributed by atoms with E-state index in [9.17, 15) is 9.59 Å². The standard InChI is InChI=1S/C16H30O4/c17-14-12-10-8-6-4-2-1-3-5-7-9-11-13-15(18)16(19)20/h14-15,18H,1-13H2,(H,19,20). The van der Waals surface area contributed by atoms with Crippen LogP contribution in [0.25, 0.3) is 0 Å². The van der Waals surface area contributed by atoms with Crippen LogP contribution in [-0.4, -0.2) is 28.6 Å². The van der Waals surface area contributed by atoms with Gasteiger partial charge in [-0.05, 0) is 12.8 Å². The molecule has 0 amide bonds. The van der Waals surface area contributed by atoms with Crippen LogP contribution in [0.2, 0.25) is 0 Å². The Kier molecular flexibility index (Phi) is 13.9. The normalized spacial score (nSPS) is 12.2. The third-order valence-corrected chi connectivity index (χ3v) is 3.58. The number of aliphatic hydroxyl groups is 1. The second-order valence-corrected chi connectivity index (χ2v) is 5.49. The Bertz CT molecular complexity index is 241. The molecule has 0 aliphatic heterocycles. The molecule has 0 aliphatic rings. The summed E-state index contributed by atoms with van der Waals surface area (Å²) in [6.45, 7) is 0. The molecular weight excluding hydrogens is 256 g/mol. The van der Waals surface area contributed by atoms with Gasteiger partial charge in [0.05, 0.1) is 0 Å². The number of aliphatic carboxylic acids is 1. The Hall–Kier alpha value is -0.900. The number of carbonyl (C=O) groups is 2. The second kappa shape index (κ2) is 14.5. The number of hydrogen-bond acceptors (Lipinski definition) is 3. The molecule has 0 aromatic carbocycles. The average molecular weight is 286 g/mol. The van der Waals surface area contributed by atoms with E-state index >= 15 is 0 Å². The van der Waals surface area contributed by atoms with Gasteiger partial charge in [0.15, 0.2) is 6.10 Å². The van der Waals surface area contributed by atoms with E-state index in [1.165, 1.54) is 44.9 Å². The van der Waals surface area contributed by atoms with Gasteiger partial charge in [-0.1, -0.05) is 64.2 Å². The summed E-state index contributed by atoms with van der Waals surface area (Å²) in [4.78, 5) is 20.5. The quantitative estimate of drug-likeness (QED) is 0.355. The molecule has 0 fully saturated rings. The molecular formula is C16H30O4. The van der Waals surface area contributed by atoms with Crippen LogP contribution in [0.3, 0.4) is 0 Å². The molecule has 0 heterocycles. The fourth-order valence-electron chi connectivity index (χ4n) is 2.28. The maximum absolute atomic E-state index is 10.4. The van der Waals surface area contributed by atoms with E-state index in [1.54, 1.807) is 0 Å². The van der Waals surface area contributed by atoms with Gasteiger partial charge in [0.2, 0.25) is 0 Å². The van der Waals surface area contributed by atoms with Gasteiger partial charge in [-0.15, -0.1) is 0 Å². The van der Waals surface area contributed by atoms with Crippen molar-refractivity contribution in [1.82, 2.24) is 0 Å². The van der Waals surface area contributed by atoms with Gasteiger partial charge in [0, 0.05) is 6.42 Å². The zero-order chi connectivity index (χ0) is 15.1. The van der Waals surface area contributed by atoms with E-state index in [-0.39, 0.29) is 0 Å². The van der Waals surface area contributed by atoms with Crippen LogP contribution in [0, 0.1) is 0 Å². The summed E-state index contributed by atoms with van der Waals surface area (Å²) in [5.41, 5.74) is 0. The van der Waals surface area contributed by atoms with Crippen molar-refractivity contribution in [3.8, 4) is 0 Å². The molecule has 0 saturated carbocycles. The molecule has 0 bridgehead atoms. The van der Waals surface area contributed by atoms with Crippen molar-refractivity contribution in [3.05, 3.63) is 0 Å². The molecule has 20 heavy (non-hydrogen) atoms. The highest BCUT2D eigenvalue weighted by molar-refractivity contribution is 5.71. The lowest BCUT2D eigenvalue weighted by Gasteiger charge is -2.05. The molecule has 0 aromatic rings. The smallest absolute Gasteiger partial charge is 0.332 e. The molecule has 4 heteroatoms. The monoisotopic (exact) mass is 286 g/mol. The van der Waals surface area contributed by atoms with E-state index < -0.39 is 12.1 Å². The lowest BCUT2D eigenvalue weighted by Crippen LogP contribution is -2.18. The average Bonchev–Trinajstić information content (AvgIpc) is 2.43. The van der Waals surface area contributed by atoms with Crippen LogP contribution in [-0.2, 0) is 9.59 Å². The van der Waals surface area contributed by atoms with Crippen molar-refractivity contribution in [3.63, 3.8) is 0 Å². The van der Waals surface area contributed by atoms with Crippen LogP contribution in [0.5, 0.6) is 0 Å². The third-order valence-electron chi connectivity index (χ3n) is 3.58. The lowest BCUT2D eigenvalue weighted by atomic mass is 10.0.